The van der Waals surface area contributed by atoms with Crippen LogP contribution in [0, 0.1) is 0 Å². The number of nitrogens with two attached hydrogens (primary N) is 1. The van der Waals surface area contributed by atoms with E-state index in [1.54, 1.807) is 12.1 Å². The Morgan fingerprint density at radius 3 is 2.65 bits per heavy atom. The van der Waals surface area contributed by atoms with Crippen molar-refractivity contribution in [3.8, 4) is 5.69 Å². The molecule has 6 nitrogen and oxygen atoms in total. The van der Waals surface area contributed by atoms with Crippen molar-refractivity contribution in [3.63, 3.8) is 0 Å². The summed E-state index contributed by atoms with van der Waals surface area (Å²) in [6, 6.07) is 4.69. The number of hydrogen-bond acceptors (Lipinski definition) is 4. The van der Waals surface area contributed by atoms with Crippen LogP contribution in [-0.2, 0) is 0 Å². The molecule has 1 amide bonds. The summed E-state index contributed by atoms with van der Waals surface area (Å²) in [6.45, 7) is 1.43. The first kappa shape index (κ1) is 11.0. The van der Waals surface area contributed by atoms with Crippen LogP contribution in [0.5, 0.6) is 0 Å². The summed E-state index contributed by atoms with van der Waals surface area (Å²) >= 11 is 0. The summed E-state index contributed by atoms with van der Waals surface area (Å²) < 4.78 is 1.42. The predicted octanol–water partition coefficient (Wildman–Crippen LogP) is 0.569. The molecule has 1 heterocycles. The van der Waals surface area contributed by atoms with Crippen molar-refractivity contribution < 1.29 is 9.59 Å². The number of aromatic nitrogens is 3. The Labute approximate surface area is 97.1 Å². The van der Waals surface area contributed by atoms with Gasteiger partial charge in [-0.3, -0.25) is 9.59 Å². The van der Waals surface area contributed by atoms with Crippen molar-refractivity contribution in [2.75, 3.05) is 0 Å². The van der Waals surface area contributed by atoms with Crippen molar-refractivity contribution in [1.82, 2.24) is 14.8 Å². The predicted molar refractivity (Wildman–Crippen MR) is 59.9 cm³/mol. The maximum atomic E-state index is 11.3. The summed E-state index contributed by atoms with van der Waals surface area (Å²) in [7, 11) is 0. The molecule has 0 unspecified atom stereocenters. The van der Waals surface area contributed by atoms with Gasteiger partial charge in [0.05, 0.1) is 11.3 Å². The van der Waals surface area contributed by atoms with Gasteiger partial charge in [0.2, 0.25) is 0 Å². The molecule has 2 aromatic rings. The van der Waals surface area contributed by atoms with Crippen LogP contribution in [0.1, 0.15) is 27.6 Å². The Morgan fingerprint density at radius 1 is 1.35 bits per heavy atom. The Hall–Kier alpha value is -2.50. The molecule has 0 aliphatic heterocycles. The standard InChI is InChI=1S/C11H10N4O2/c1-7(16)8-2-3-10(9(4-8)11(12)17)15-6-13-5-14-15/h2-6H,1H3,(H2,12,17). The Bertz CT molecular complexity index is 575. The summed E-state index contributed by atoms with van der Waals surface area (Å²) in [5, 5.41) is 3.92. The average molecular weight is 230 g/mol. The van der Waals surface area contributed by atoms with Crippen LogP contribution in [0.15, 0.2) is 30.9 Å². The molecule has 0 saturated carbocycles. The highest BCUT2D eigenvalue weighted by Crippen LogP contribution is 2.15. The summed E-state index contributed by atoms with van der Waals surface area (Å²) in [5.41, 5.74) is 6.45. The van der Waals surface area contributed by atoms with E-state index < -0.39 is 5.91 Å². The fraction of sp³-hybridized carbons (Fsp3) is 0.0909. The smallest absolute Gasteiger partial charge is 0.250 e. The van der Waals surface area contributed by atoms with Gasteiger partial charge in [0.15, 0.2) is 5.78 Å². The third kappa shape index (κ3) is 2.05. The van der Waals surface area contributed by atoms with Gasteiger partial charge in [-0.05, 0) is 25.1 Å². The number of amides is 1. The Balaban J connectivity index is 2.61. The fourth-order valence-corrected chi connectivity index (χ4v) is 1.48. The van der Waals surface area contributed by atoms with Crippen LogP contribution in [-0.4, -0.2) is 26.5 Å². The Kier molecular flexibility index (Phi) is 2.70. The van der Waals surface area contributed by atoms with Gasteiger partial charge in [-0.2, -0.15) is 5.10 Å². The molecule has 1 aromatic carbocycles. The lowest BCUT2D eigenvalue weighted by atomic mass is 10.1. The molecule has 0 saturated heterocycles. The maximum absolute atomic E-state index is 11.3. The molecule has 2 N–H and O–H groups in total. The second kappa shape index (κ2) is 4.17. The molecule has 6 heteroatoms. The van der Waals surface area contributed by atoms with Crippen molar-refractivity contribution in [1.29, 1.82) is 0 Å². The maximum Gasteiger partial charge on any atom is 0.250 e. The quantitative estimate of drug-likeness (QED) is 0.780. The number of benzene rings is 1. The molecule has 1 aromatic heterocycles. The van der Waals surface area contributed by atoms with Gasteiger partial charge in [0, 0.05) is 5.56 Å². The lowest BCUT2D eigenvalue weighted by Crippen LogP contribution is -2.16. The van der Waals surface area contributed by atoms with E-state index in [-0.39, 0.29) is 11.3 Å². The molecule has 0 aliphatic rings. The number of carbonyl (C=O) groups is 2. The van der Waals surface area contributed by atoms with Crippen LogP contribution < -0.4 is 5.73 Å². The second-order valence-corrected chi connectivity index (χ2v) is 3.49. The van der Waals surface area contributed by atoms with Gasteiger partial charge in [-0.1, -0.05) is 0 Å². The number of rotatable bonds is 3. The normalized spacial score (nSPS) is 10.2. The van der Waals surface area contributed by atoms with Gasteiger partial charge in [0.1, 0.15) is 12.7 Å². The van der Waals surface area contributed by atoms with E-state index >= 15 is 0 Å². The van der Waals surface area contributed by atoms with E-state index in [1.165, 1.54) is 30.3 Å². The monoisotopic (exact) mass is 230 g/mol. The van der Waals surface area contributed by atoms with Crippen LogP contribution in [0.4, 0.5) is 0 Å². The largest absolute Gasteiger partial charge is 0.366 e. The molecule has 0 spiro atoms. The van der Waals surface area contributed by atoms with Crippen LogP contribution >= 0.6 is 0 Å². The number of nitrogens with zero attached hydrogens (tertiary/aromatic N) is 3. The van der Waals surface area contributed by atoms with E-state index in [4.69, 9.17) is 5.73 Å². The number of primary amides is 1. The molecular weight excluding hydrogens is 220 g/mol. The first-order valence-corrected chi connectivity index (χ1v) is 4.89. The molecular formula is C11H10N4O2. The summed E-state index contributed by atoms with van der Waals surface area (Å²) in [5.74, 6) is -0.740. The SMILES string of the molecule is CC(=O)c1ccc(-n2cncn2)c(C(N)=O)c1. The molecule has 0 aliphatic carbocycles. The molecule has 0 radical (unpaired) electrons. The molecule has 0 fully saturated rings. The van der Waals surface area contributed by atoms with Crippen LogP contribution in [0.3, 0.4) is 0 Å². The minimum absolute atomic E-state index is 0.127. The zero-order valence-electron chi connectivity index (χ0n) is 9.12. The van der Waals surface area contributed by atoms with Gasteiger partial charge < -0.3 is 5.73 Å². The third-order valence-electron chi connectivity index (χ3n) is 2.33. The zero-order chi connectivity index (χ0) is 12.4. The highest BCUT2D eigenvalue weighted by Gasteiger charge is 2.12. The van der Waals surface area contributed by atoms with Crippen molar-refractivity contribution in [3.05, 3.63) is 42.0 Å². The van der Waals surface area contributed by atoms with Crippen molar-refractivity contribution in [2.45, 2.75) is 6.92 Å². The average Bonchev–Trinajstić information content (AvgIpc) is 2.81. The summed E-state index contributed by atoms with van der Waals surface area (Å²) in [4.78, 5) is 26.4. The first-order chi connectivity index (χ1) is 8.09. The molecule has 0 bridgehead atoms. The van der Waals surface area contributed by atoms with E-state index in [1.807, 2.05) is 0 Å². The van der Waals surface area contributed by atoms with Crippen LogP contribution in [0.25, 0.3) is 5.69 Å². The van der Waals surface area contributed by atoms with Crippen molar-refractivity contribution >= 4 is 11.7 Å². The van der Waals surface area contributed by atoms with Gasteiger partial charge >= 0.3 is 0 Å². The Morgan fingerprint density at radius 2 is 2.12 bits per heavy atom. The zero-order valence-corrected chi connectivity index (χ0v) is 9.12. The molecule has 17 heavy (non-hydrogen) atoms. The minimum atomic E-state index is -0.612. The molecule has 0 atom stereocenters. The van der Waals surface area contributed by atoms with Crippen LogP contribution in [0.2, 0.25) is 0 Å². The van der Waals surface area contributed by atoms with Gasteiger partial charge in [-0.15, -0.1) is 0 Å². The van der Waals surface area contributed by atoms with E-state index in [0.717, 1.165) is 0 Å². The summed E-state index contributed by atoms with van der Waals surface area (Å²) in [6.07, 6.45) is 2.80. The van der Waals surface area contributed by atoms with Gasteiger partial charge in [-0.25, -0.2) is 9.67 Å². The number of Topliss-reactive ketones (excluding diaryl/α,β-unsaturated/α-hetero) is 1. The topological polar surface area (TPSA) is 90.9 Å². The third-order valence-corrected chi connectivity index (χ3v) is 2.33. The fourth-order valence-electron chi connectivity index (χ4n) is 1.48. The van der Waals surface area contributed by atoms with E-state index in [0.29, 0.717) is 11.3 Å². The first-order valence-electron chi connectivity index (χ1n) is 4.89. The van der Waals surface area contributed by atoms with Gasteiger partial charge in [0.25, 0.3) is 5.91 Å². The minimum Gasteiger partial charge on any atom is -0.366 e. The highest BCUT2D eigenvalue weighted by atomic mass is 16.1. The number of ketones is 1. The number of carbonyl (C=O) groups excluding carboxylic acids is 2. The lowest BCUT2D eigenvalue weighted by molar-refractivity contribution is 0.1000. The van der Waals surface area contributed by atoms with E-state index in [2.05, 4.69) is 10.1 Å². The second-order valence-electron chi connectivity index (χ2n) is 3.49. The molecule has 86 valence electrons. The molecule has 2 rings (SSSR count). The van der Waals surface area contributed by atoms with Crippen molar-refractivity contribution in [2.24, 2.45) is 5.73 Å². The highest BCUT2D eigenvalue weighted by molar-refractivity contribution is 6.01. The number of hydrogen-bond donors (Lipinski definition) is 1. The lowest BCUT2D eigenvalue weighted by Gasteiger charge is -2.07. The van der Waals surface area contributed by atoms with E-state index in [9.17, 15) is 9.59 Å².